The van der Waals surface area contributed by atoms with Crippen molar-refractivity contribution < 1.29 is 23.9 Å². The average molecular weight is 517 g/mol. The number of amides is 3. The second-order valence-corrected chi connectivity index (χ2v) is 9.00. The number of carbonyl (C=O) groups excluding carboxylic acids is 3. The third-order valence-electron chi connectivity index (χ3n) is 6.35. The van der Waals surface area contributed by atoms with Crippen LogP contribution in [0, 0.1) is 0 Å². The van der Waals surface area contributed by atoms with Crippen LogP contribution in [0.2, 0.25) is 0 Å². The smallest absolute Gasteiger partial charge is 0.239 e. The fraction of sp³-hybridized carbons (Fsp3) is 0.423. The summed E-state index contributed by atoms with van der Waals surface area (Å²) in [6.45, 7) is 0.987. The van der Waals surface area contributed by atoms with Crippen molar-refractivity contribution >= 4 is 30.1 Å². The van der Waals surface area contributed by atoms with Gasteiger partial charge in [0.2, 0.25) is 17.7 Å². The number of likely N-dealkylation sites (N-methyl/N-ethyl adjacent to an activating group) is 1. The molecule has 2 atom stereocenters. The molecule has 0 unspecified atom stereocenters. The molecule has 2 aromatic rings. The number of ether oxygens (including phenoxy) is 2. The minimum Gasteiger partial charge on any atom is -0.457 e. The highest BCUT2D eigenvalue weighted by Crippen LogP contribution is 2.25. The number of nitrogens with zero attached hydrogens (tertiary/aromatic N) is 2. The van der Waals surface area contributed by atoms with Crippen molar-refractivity contribution in [3.63, 3.8) is 0 Å². The van der Waals surface area contributed by atoms with Gasteiger partial charge in [-0.2, -0.15) is 0 Å². The normalized spacial score (nSPS) is 21.2. The zero-order valence-electron chi connectivity index (χ0n) is 20.4. The Hall–Kier alpha value is -3.14. The molecule has 2 aromatic carbocycles. The van der Waals surface area contributed by atoms with E-state index in [2.05, 4.69) is 5.32 Å². The number of rotatable bonds is 1. The highest BCUT2D eigenvalue weighted by molar-refractivity contribution is 5.85. The van der Waals surface area contributed by atoms with Gasteiger partial charge in [-0.3, -0.25) is 14.4 Å². The molecule has 9 nitrogen and oxygen atoms in total. The van der Waals surface area contributed by atoms with Crippen molar-refractivity contribution in [2.75, 3.05) is 33.2 Å². The molecule has 4 bridgehead atoms. The Bertz CT molecular complexity index is 1080. The lowest BCUT2D eigenvalue weighted by Crippen LogP contribution is -2.58. The number of nitrogens with two attached hydrogens (primary N) is 1. The molecule has 1 saturated heterocycles. The predicted octanol–water partition coefficient (Wildman–Crippen LogP) is 1.87. The molecule has 0 radical (unpaired) electrons. The van der Waals surface area contributed by atoms with Gasteiger partial charge in [-0.1, -0.05) is 24.3 Å². The summed E-state index contributed by atoms with van der Waals surface area (Å²) >= 11 is 0. The SMILES string of the molecule is CN1CC(=O)N[C@H]2CN(C(=O)CN)CC[C@H]2OCc2cccc(c2)Oc2cccc(c2)CCC1=O.Cl. The molecule has 3 N–H and O–H groups in total. The Labute approximate surface area is 217 Å². The number of nitrogens with one attached hydrogen (secondary N) is 1. The summed E-state index contributed by atoms with van der Waals surface area (Å²) in [5, 5.41) is 2.98. The number of benzene rings is 2. The van der Waals surface area contributed by atoms with E-state index in [1.165, 1.54) is 4.90 Å². The Balaban J connectivity index is 0.00000361. The van der Waals surface area contributed by atoms with Crippen molar-refractivity contribution in [3.8, 4) is 11.5 Å². The molecule has 4 rings (SSSR count). The van der Waals surface area contributed by atoms with Crippen LogP contribution in [0.5, 0.6) is 11.5 Å². The van der Waals surface area contributed by atoms with Crippen molar-refractivity contribution in [2.45, 2.75) is 38.0 Å². The first-order valence-electron chi connectivity index (χ1n) is 11.9. The van der Waals surface area contributed by atoms with E-state index in [0.29, 0.717) is 44.0 Å². The number of likely N-dealkylation sites (tertiary alicyclic amines) is 1. The monoisotopic (exact) mass is 516 g/mol. The van der Waals surface area contributed by atoms with Crippen molar-refractivity contribution in [1.29, 1.82) is 0 Å². The van der Waals surface area contributed by atoms with E-state index in [1.54, 1.807) is 11.9 Å². The van der Waals surface area contributed by atoms with Gasteiger partial charge >= 0.3 is 0 Å². The highest BCUT2D eigenvalue weighted by atomic mass is 35.5. The highest BCUT2D eigenvalue weighted by Gasteiger charge is 2.33. The van der Waals surface area contributed by atoms with Crippen molar-refractivity contribution in [3.05, 3.63) is 59.7 Å². The van der Waals surface area contributed by atoms with E-state index in [1.807, 2.05) is 48.5 Å². The Morgan fingerprint density at radius 1 is 1.08 bits per heavy atom. The zero-order valence-corrected chi connectivity index (χ0v) is 21.2. The maximum Gasteiger partial charge on any atom is 0.239 e. The van der Waals surface area contributed by atoms with Crippen LogP contribution < -0.4 is 15.8 Å². The molecule has 2 heterocycles. The summed E-state index contributed by atoms with van der Waals surface area (Å²) in [5.41, 5.74) is 7.46. The number of fused-ring (bicyclic) bond motifs is 5. The first-order valence-corrected chi connectivity index (χ1v) is 11.9. The minimum absolute atomic E-state index is 0. The number of halogens is 1. The standard InChI is InChI=1S/C26H32N4O5.ClH/c1-29-16-24(31)28-22-15-30(26(33)14-27)11-10-23(22)34-17-19-5-3-7-21(13-19)35-20-6-2-4-18(12-20)8-9-25(29)32;/h2-7,12-13,22-23H,8-11,14-17,27H2,1H3,(H,28,31);1H/t22-,23+;/m0./s1. The zero-order chi connectivity index (χ0) is 24.8. The number of aryl methyl sites for hydroxylation is 1. The van der Waals surface area contributed by atoms with Crippen LogP contribution >= 0.6 is 12.4 Å². The van der Waals surface area contributed by atoms with Crippen LogP contribution in [0.25, 0.3) is 0 Å². The van der Waals surface area contributed by atoms with E-state index in [4.69, 9.17) is 15.2 Å². The first-order chi connectivity index (χ1) is 16.9. The molecule has 194 valence electrons. The molecule has 2 aliphatic heterocycles. The Morgan fingerprint density at radius 3 is 2.50 bits per heavy atom. The van der Waals surface area contributed by atoms with Gasteiger partial charge in [0, 0.05) is 26.6 Å². The van der Waals surface area contributed by atoms with Gasteiger partial charge < -0.3 is 30.3 Å². The lowest BCUT2D eigenvalue weighted by Gasteiger charge is -2.39. The molecule has 3 amide bonds. The largest absolute Gasteiger partial charge is 0.457 e. The van der Waals surface area contributed by atoms with Crippen LogP contribution in [0.4, 0.5) is 0 Å². The van der Waals surface area contributed by atoms with Crippen LogP contribution in [0.1, 0.15) is 24.0 Å². The minimum atomic E-state index is -0.409. The van der Waals surface area contributed by atoms with E-state index < -0.39 is 6.04 Å². The van der Waals surface area contributed by atoms with Gasteiger partial charge in [0.25, 0.3) is 0 Å². The van der Waals surface area contributed by atoms with E-state index in [-0.39, 0.29) is 55.7 Å². The molecule has 0 saturated carbocycles. The lowest BCUT2D eigenvalue weighted by molar-refractivity contribution is -0.138. The van der Waals surface area contributed by atoms with Crippen LogP contribution in [-0.2, 0) is 32.1 Å². The van der Waals surface area contributed by atoms with E-state index in [0.717, 1.165) is 11.1 Å². The third kappa shape index (κ3) is 7.19. The fourth-order valence-corrected chi connectivity index (χ4v) is 4.42. The predicted molar refractivity (Wildman–Crippen MR) is 137 cm³/mol. The van der Waals surface area contributed by atoms with Gasteiger partial charge in [0.15, 0.2) is 0 Å². The first kappa shape index (κ1) is 27.4. The number of hydrogen-bond acceptors (Lipinski definition) is 6. The third-order valence-corrected chi connectivity index (χ3v) is 6.35. The van der Waals surface area contributed by atoms with E-state index >= 15 is 0 Å². The van der Waals surface area contributed by atoms with Gasteiger partial charge in [0.05, 0.1) is 31.8 Å². The Morgan fingerprint density at radius 2 is 1.78 bits per heavy atom. The maximum absolute atomic E-state index is 12.8. The van der Waals surface area contributed by atoms with Crippen molar-refractivity contribution in [1.82, 2.24) is 15.1 Å². The molecule has 0 spiro atoms. The molecular formula is C26H33ClN4O5. The van der Waals surface area contributed by atoms with Crippen molar-refractivity contribution in [2.24, 2.45) is 5.73 Å². The molecule has 36 heavy (non-hydrogen) atoms. The second-order valence-electron chi connectivity index (χ2n) is 9.00. The summed E-state index contributed by atoms with van der Waals surface area (Å²) in [7, 11) is 1.62. The molecule has 0 aliphatic carbocycles. The molecule has 0 aromatic heterocycles. The van der Waals surface area contributed by atoms with Gasteiger partial charge in [0.1, 0.15) is 11.5 Å². The molecule has 10 heteroatoms. The number of piperidine rings is 1. The average Bonchev–Trinajstić information content (AvgIpc) is 2.85. The quantitative estimate of drug-likeness (QED) is 0.598. The second kappa shape index (κ2) is 12.7. The Kier molecular flexibility index (Phi) is 9.69. The molecular weight excluding hydrogens is 484 g/mol. The maximum atomic E-state index is 12.8. The summed E-state index contributed by atoms with van der Waals surface area (Å²) < 4.78 is 12.3. The van der Waals surface area contributed by atoms with Gasteiger partial charge in [-0.15, -0.1) is 12.4 Å². The van der Waals surface area contributed by atoms with Crippen LogP contribution in [-0.4, -0.2) is 72.9 Å². The summed E-state index contributed by atoms with van der Waals surface area (Å²) in [6.07, 6.45) is 1.09. The molecule has 2 aliphatic rings. The lowest BCUT2D eigenvalue weighted by atomic mass is 10.0. The van der Waals surface area contributed by atoms with Gasteiger partial charge in [-0.25, -0.2) is 0 Å². The van der Waals surface area contributed by atoms with Crippen LogP contribution in [0.3, 0.4) is 0 Å². The van der Waals surface area contributed by atoms with Gasteiger partial charge in [-0.05, 0) is 48.2 Å². The summed E-state index contributed by atoms with van der Waals surface area (Å²) in [4.78, 5) is 40.7. The molecule has 1 fully saturated rings. The van der Waals surface area contributed by atoms with Crippen LogP contribution in [0.15, 0.2) is 48.5 Å². The topological polar surface area (TPSA) is 114 Å². The number of carbonyl (C=O) groups is 3. The summed E-state index contributed by atoms with van der Waals surface area (Å²) in [5.74, 6) is 0.793. The number of hydrogen-bond donors (Lipinski definition) is 2. The summed E-state index contributed by atoms with van der Waals surface area (Å²) in [6, 6.07) is 14.9. The van der Waals surface area contributed by atoms with E-state index in [9.17, 15) is 14.4 Å². The fourth-order valence-electron chi connectivity index (χ4n) is 4.42.